The second-order valence-corrected chi connectivity index (χ2v) is 5.08. The molecule has 2 unspecified atom stereocenters. The molecule has 1 aliphatic heterocycles. The molecule has 1 aliphatic rings. The van der Waals surface area contributed by atoms with Gasteiger partial charge in [-0.1, -0.05) is 30.3 Å². The van der Waals surface area contributed by atoms with Crippen LogP contribution in [0.2, 0.25) is 0 Å². The van der Waals surface area contributed by atoms with Crippen LogP contribution < -0.4 is 10.6 Å². The first-order valence-electron chi connectivity index (χ1n) is 5.59. The zero-order chi connectivity index (χ0) is 13.0. The molecular formula is C12H14N2O3S. The zero-order valence-corrected chi connectivity index (χ0v) is 10.4. The van der Waals surface area contributed by atoms with Crippen molar-refractivity contribution in [3.63, 3.8) is 0 Å². The summed E-state index contributed by atoms with van der Waals surface area (Å²) in [5.74, 6) is -0.997. The second-order valence-electron chi connectivity index (χ2n) is 3.99. The smallest absolute Gasteiger partial charge is 0.313 e. The van der Waals surface area contributed by atoms with Gasteiger partial charge in [0.1, 0.15) is 5.50 Å². The molecular weight excluding hydrogens is 252 g/mol. The standard InChI is InChI=1S/C12H14N2O3S/c15-10-6-9(8-4-2-1-3-5-8)13-12(14-10)18-7-11(16)17/h1-5,9,12-13H,6-7H2,(H,14,15)(H,16,17). The fourth-order valence-corrected chi connectivity index (χ4v) is 2.60. The van der Waals surface area contributed by atoms with Gasteiger partial charge in [-0.15, -0.1) is 11.8 Å². The first-order chi connectivity index (χ1) is 8.65. The van der Waals surface area contributed by atoms with E-state index in [0.29, 0.717) is 6.42 Å². The SMILES string of the molecule is O=C(O)CSC1NC(=O)CC(c2ccccc2)N1. The summed E-state index contributed by atoms with van der Waals surface area (Å²) in [7, 11) is 0. The number of carboxylic acid groups (broad SMARTS) is 1. The van der Waals surface area contributed by atoms with Gasteiger partial charge < -0.3 is 10.4 Å². The van der Waals surface area contributed by atoms with E-state index in [4.69, 9.17) is 5.11 Å². The van der Waals surface area contributed by atoms with Gasteiger partial charge in [0.15, 0.2) is 0 Å². The van der Waals surface area contributed by atoms with E-state index in [0.717, 1.165) is 5.56 Å². The van der Waals surface area contributed by atoms with Crippen LogP contribution in [0.3, 0.4) is 0 Å². The summed E-state index contributed by atoms with van der Waals surface area (Å²) in [5.41, 5.74) is 0.681. The monoisotopic (exact) mass is 266 g/mol. The molecule has 0 saturated carbocycles. The fraction of sp³-hybridized carbons (Fsp3) is 0.333. The first kappa shape index (κ1) is 12.9. The van der Waals surface area contributed by atoms with Crippen molar-refractivity contribution in [2.24, 2.45) is 0 Å². The van der Waals surface area contributed by atoms with Gasteiger partial charge in [0.2, 0.25) is 5.91 Å². The number of hydrogen-bond acceptors (Lipinski definition) is 4. The van der Waals surface area contributed by atoms with Crippen LogP contribution in [0.5, 0.6) is 0 Å². The molecule has 0 bridgehead atoms. The van der Waals surface area contributed by atoms with Crippen molar-refractivity contribution in [1.82, 2.24) is 10.6 Å². The average Bonchev–Trinajstić information content (AvgIpc) is 2.37. The minimum absolute atomic E-state index is 0.0422. The van der Waals surface area contributed by atoms with Crippen molar-refractivity contribution >= 4 is 23.6 Å². The Hall–Kier alpha value is -1.53. The topological polar surface area (TPSA) is 78.4 Å². The van der Waals surface area contributed by atoms with Gasteiger partial charge in [-0.05, 0) is 5.56 Å². The number of amides is 1. The van der Waals surface area contributed by atoms with Gasteiger partial charge in [0.05, 0.1) is 5.75 Å². The third-order valence-electron chi connectivity index (χ3n) is 2.61. The van der Waals surface area contributed by atoms with Crippen LogP contribution in [-0.2, 0) is 9.59 Å². The number of carboxylic acids is 1. The Kier molecular flexibility index (Phi) is 4.22. The third kappa shape index (κ3) is 3.48. The number of benzene rings is 1. The molecule has 1 heterocycles. The Morgan fingerprint density at radius 1 is 1.39 bits per heavy atom. The number of carbonyl (C=O) groups is 2. The number of hydrogen-bond donors (Lipinski definition) is 3. The van der Waals surface area contributed by atoms with Gasteiger partial charge in [0, 0.05) is 12.5 Å². The highest BCUT2D eigenvalue weighted by Gasteiger charge is 2.27. The van der Waals surface area contributed by atoms with E-state index in [2.05, 4.69) is 10.6 Å². The van der Waals surface area contributed by atoms with Crippen molar-refractivity contribution in [1.29, 1.82) is 0 Å². The van der Waals surface area contributed by atoms with Gasteiger partial charge >= 0.3 is 5.97 Å². The molecule has 0 aromatic heterocycles. The maximum Gasteiger partial charge on any atom is 0.313 e. The Bertz CT molecular complexity index is 438. The van der Waals surface area contributed by atoms with Gasteiger partial charge in [0.25, 0.3) is 0 Å². The Labute approximate surface area is 109 Å². The lowest BCUT2D eigenvalue weighted by molar-refractivity contribution is -0.134. The highest BCUT2D eigenvalue weighted by atomic mass is 32.2. The van der Waals surface area contributed by atoms with E-state index in [1.807, 2.05) is 30.3 Å². The van der Waals surface area contributed by atoms with Crippen LogP contribution in [0.25, 0.3) is 0 Å². The third-order valence-corrected chi connectivity index (χ3v) is 3.61. The van der Waals surface area contributed by atoms with E-state index in [1.54, 1.807) is 0 Å². The first-order valence-corrected chi connectivity index (χ1v) is 6.64. The van der Waals surface area contributed by atoms with Gasteiger partial charge in [-0.25, -0.2) is 0 Å². The molecule has 2 atom stereocenters. The van der Waals surface area contributed by atoms with Gasteiger partial charge in [-0.3, -0.25) is 14.9 Å². The number of carbonyl (C=O) groups excluding carboxylic acids is 1. The molecule has 1 aromatic rings. The van der Waals surface area contributed by atoms with Crippen molar-refractivity contribution in [3.8, 4) is 0 Å². The molecule has 0 radical (unpaired) electrons. The number of rotatable bonds is 4. The molecule has 1 saturated heterocycles. The molecule has 3 N–H and O–H groups in total. The van der Waals surface area contributed by atoms with E-state index < -0.39 is 5.97 Å². The Morgan fingerprint density at radius 2 is 2.11 bits per heavy atom. The molecule has 5 nitrogen and oxygen atoms in total. The highest BCUT2D eigenvalue weighted by molar-refractivity contribution is 8.00. The van der Waals surface area contributed by atoms with Crippen LogP contribution in [-0.4, -0.2) is 28.2 Å². The lowest BCUT2D eigenvalue weighted by Crippen LogP contribution is -2.51. The summed E-state index contributed by atoms with van der Waals surface area (Å²) in [6, 6.07) is 9.60. The fourth-order valence-electron chi connectivity index (χ4n) is 1.82. The van der Waals surface area contributed by atoms with E-state index >= 15 is 0 Å². The average molecular weight is 266 g/mol. The minimum atomic E-state index is -0.891. The molecule has 18 heavy (non-hydrogen) atoms. The highest BCUT2D eigenvalue weighted by Crippen LogP contribution is 2.22. The molecule has 6 heteroatoms. The Morgan fingerprint density at radius 3 is 2.78 bits per heavy atom. The number of aliphatic carboxylic acids is 1. The van der Waals surface area contributed by atoms with Crippen LogP contribution in [0.4, 0.5) is 0 Å². The molecule has 1 fully saturated rings. The largest absolute Gasteiger partial charge is 0.481 e. The Balaban J connectivity index is 2.00. The van der Waals surface area contributed by atoms with Crippen molar-refractivity contribution in [3.05, 3.63) is 35.9 Å². The van der Waals surface area contributed by atoms with Crippen LogP contribution in [0.15, 0.2) is 30.3 Å². The number of nitrogens with one attached hydrogen (secondary N) is 2. The molecule has 0 aliphatic carbocycles. The van der Waals surface area contributed by atoms with Crippen molar-refractivity contribution < 1.29 is 14.7 Å². The maximum absolute atomic E-state index is 11.6. The molecule has 0 spiro atoms. The predicted octanol–water partition coefficient (Wildman–Crippen LogP) is 0.939. The summed E-state index contributed by atoms with van der Waals surface area (Å²) in [4.78, 5) is 22.1. The van der Waals surface area contributed by atoms with Crippen LogP contribution in [0.1, 0.15) is 18.0 Å². The van der Waals surface area contributed by atoms with Crippen LogP contribution in [0, 0.1) is 0 Å². The maximum atomic E-state index is 11.6. The minimum Gasteiger partial charge on any atom is -0.481 e. The predicted molar refractivity (Wildman–Crippen MR) is 69.0 cm³/mol. The second kappa shape index (κ2) is 5.88. The van der Waals surface area contributed by atoms with Crippen LogP contribution >= 0.6 is 11.8 Å². The number of thioether (sulfide) groups is 1. The summed E-state index contributed by atoms with van der Waals surface area (Å²) >= 11 is 1.17. The molecule has 2 rings (SSSR count). The van der Waals surface area contributed by atoms with E-state index in [9.17, 15) is 9.59 Å². The van der Waals surface area contributed by atoms with Gasteiger partial charge in [-0.2, -0.15) is 0 Å². The summed E-state index contributed by atoms with van der Waals surface area (Å²) < 4.78 is 0. The quantitative estimate of drug-likeness (QED) is 0.756. The summed E-state index contributed by atoms with van der Waals surface area (Å²) in [5, 5.41) is 14.6. The van der Waals surface area contributed by atoms with Crippen molar-refractivity contribution in [2.45, 2.75) is 18.0 Å². The molecule has 1 aromatic carbocycles. The van der Waals surface area contributed by atoms with E-state index in [1.165, 1.54) is 11.8 Å². The zero-order valence-electron chi connectivity index (χ0n) is 9.63. The summed E-state index contributed by atoms with van der Waals surface area (Å²) in [6.07, 6.45) is 0.369. The lowest BCUT2D eigenvalue weighted by atomic mass is 10.0. The molecule has 96 valence electrons. The van der Waals surface area contributed by atoms with Crippen molar-refractivity contribution in [2.75, 3.05) is 5.75 Å². The normalized spacial score (nSPS) is 23.4. The summed E-state index contributed by atoms with van der Waals surface area (Å²) in [6.45, 7) is 0. The molecule has 1 amide bonds. The van der Waals surface area contributed by atoms with E-state index in [-0.39, 0.29) is 23.2 Å². The lowest BCUT2D eigenvalue weighted by Gasteiger charge is -2.31.